The molecule has 1 aliphatic heterocycles. The number of rotatable bonds is 6. The van der Waals surface area contributed by atoms with Crippen LogP contribution < -0.4 is 9.47 Å². The molecule has 0 unspecified atom stereocenters. The van der Waals surface area contributed by atoms with Crippen LogP contribution in [0.1, 0.15) is 44.2 Å². The Morgan fingerprint density at radius 3 is 2.54 bits per heavy atom. The molecule has 0 saturated carbocycles. The van der Waals surface area contributed by atoms with Crippen LogP contribution in [-0.4, -0.2) is 41.0 Å². The van der Waals surface area contributed by atoms with Gasteiger partial charge in [-0.05, 0) is 31.4 Å². The van der Waals surface area contributed by atoms with Crippen LogP contribution in [0.25, 0.3) is 0 Å². The number of methoxy groups -OCH3 is 1. The lowest BCUT2D eigenvalue weighted by Gasteiger charge is -2.32. The molecule has 0 N–H and O–H groups in total. The molecule has 0 bridgehead atoms. The fraction of sp³-hybridized carbons (Fsp3) is 0.450. The molecular formula is C20H25N3O3. The third kappa shape index (κ3) is 4.12. The summed E-state index contributed by atoms with van der Waals surface area (Å²) in [6.45, 7) is 3.55. The molecule has 0 atom stereocenters. The molecule has 0 aliphatic carbocycles. The standard InChI is InChI=1S/C20H25N3O3/c1-3-6-18(24)23-13-9-15(10-14-23)19-20(22-12-11-21-19)26-17-8-5-4-7-16(17)25-2/h4-5,7-8,11-12,15H,3,6,9-10,13-14H2,1-2H3. The van der Waals surface area contributed by atoms with Crippen molar-refractivity contribution >= 4 is 5.91 Å². The molecule has 6 heteroatoms. The molecule has 26 heavy (non-hydrogen) atoms. The second-order valence-corrected chi connectivity index (χ2v) is 6.40. The van der Waals surface area contributed by atoms with Crippen molar-refractivity contribution in [2.75, 3.05) is 20.2 Å². The SMILES string of the molecule is CCCC(=O)N1CCC(c2nccnc2Oc2ccccc2OC)CC1. The predicted molar refractivity (Wildman–Crippen MR) is 98.6 cm³/mol. The van der Waals surface area contributed by atoms with Gasteiger partial charge < -0.3 is 14.4 Å². The van der Waals surface area contributed by atoms with Crippen molar-refractivity contribution in [2.24, 2.45) is 0 Å². The zero-order chi connectivity index (χ0) is 18.4. The van der Waals surface area contributed by atoms with Crippen LogP contribution in [0.15, 0.2) is 36.7 Å². The molecule has 1 aromatic heterocycles. The van der Waals surface area contributed by atoms with E-state index in [0.717, 1.165) is 38.0 Å². The lowest BCUT2D eigenvalue weighted by Crippen LogP contribution is -2.37. The van der Waals surface area contributed by atoms with E-state index in [1.807, 2.05) is 36.1 Å². The van der Waals surface area contributed by atoms with Crippen LogP contribution in [0, 0.1) is 0 Å². The Hall–Kier alpha value is -2.63. The molecule has 0 spiro atoms. The van der Waals surface area contributed by atoms with E-state index < -0.39 is 0 Å². The summed E-state index contributed by atoms with van der Waals surface area (Å²) in [7, 11) is 1.61. The molecular weight excluding hydrogens is 330 g/mol. The predicted octanol–water partition coefficient (Wildman–Crippen LogP) is 3.78. The number of likely N-dealkylation sites (tertiary alicyclic amines) is 1. The Labute approximate surface area is 154 Å². The number of piperidine rings is 1. The first kappa shape index (κ1) is 18.2. The van der Waals surface area contributed by atoms with Crippen molar-refractivity contribution in [1.82, 2.24) is 14.9 Å². The number of hydrogen-bond donors (Lipinski definition) is 0. The van der Waals surface area contributed by atoms with Gasteiger partial charge in [0.25, 0.3) is 0 Å². The fourth-order valence-electron chi connectivity index (χ4n) is 3.28. The third-order valence-corrected chi connectivity index (χ3v) is 4.67. The van der Waals surface area contributed by atoms with E-state index in [4.69, 9.17) is 9.47 Å². The second kappa shape index (κ2) is 8.65. The maximum absolute atomic E-state index is 12.1. The average molecular weight is 355 g/mol. The van der Waals surface area contributed by atoms with Gasteiger partial charge in [0.05, 0.1) is 7.11 Å². The highest BCUT2D eigenvalue weighted by atomic mass is 16.5. The molecule has 1 aliphatic rings. The molecule has 1 saturated heterocycles. The summed E-state index contributed by atoms with van der Waals surface area (Å²) in [4.78, 5) is 23.0. The number of amides is 1. The van der Waals surface area contributed by atoms with Crippen LogP contribution in [0.5, 0.6) is 17.4 Å². The van der Waals surface area contributed by atoms with Crippen molar-refractivity contribution < 1.29 is 14.3 Å². The Morgan fingerprint density at radius 1 is 1.15 bits per heavy atom. The summed E-state index contributed by atoms with van der Waals surface area (Å²) in [5.41, 5.74) is 0.848. The zero-order valence-corrected chi connectivity index (χ0v) is 15.4. The van der Waals surface area contributed by atoms with Gasteiger partial charge >= 0.3 is 0 Å². The molecule has 138 valence electrons. The van der Waals surface area contributed by atoms with Crippen molar-refractivity contribution in [1.29, 1.82) is 0 Å². The number of aromatic nitrogens is 2. The highest BCUT2D eigenvalue weighted by molar-refractivity contribution is 5.76. The monoisotopic (exact) mass is 355 g/mol. The summed E-state index contributed by atoms with van der Waals surface area (Å²) in [6, 6.07) is 7.49. The minimum atomic E-state index is 0.235. The van der Waals surface area contributed by atoms with Gasteiger partial charge in [0.2, 0.25) is 11.8 Å². The minimum Gasteiger partial charge on any atom is -0.493 e. The quantitative estimate of drug-likeness (QED) is 0.789. The average Bonchev–Trinajstić information content (AvgIpc) is 2.69. The van der Waals surface area contributed by atoms with E-state index in [1.54, 1.807) is 19.5 Å². The van der Waals surface area contributed by atoms with Gasteiger partial charge in [-0.25, -0.2) is 4.98 Å². The van der Waals surface area contributed by atoms with Crippen LogP contribution in [0.2, 0.25) is 0 Å². The molecule has 1 amide bonds. The lowest BCUT2D eigenvalue weighted by molar-refractivity contribution is -0.132. The number of carbonyl (C=O) groups excluding carboxylic acids is 1. The summed E-state index contributed by atoms with van der Waals surface area (Å²) in [6.07, 6.45) is 6.58. The van der Waals surface area contributed by atoms with Crippen LogP contribution in [-0.2, 0) is 4.79 Å². The number of ether oxygens (including phenoxy) is 2. The molecule has 6 nitrogen and oxygen atoms in total. The van der Waals surface area contributed by atoms with Crippen LogP contribution in [0.3, 0.4) is 0 Å². The Morgan fingerprint density at radius 2 is 1.85 bits per heavy atom. The van der Waals surface area contributed by atoms with E-state index >= 15 is 0 Å². The first-order chi connectivity index (χ1) is 12.7. The highest BCUT2D eigenvalue weighted by Crippen LogP contribution is 2.36. The van der Waals surface area contributed by atoms with E-state index in [1.165, 1.54) is 0 Å². The van der Waals surface area contributed by atoms with E-state index in [2.05, 4.69) is 9.97 Å². The first-order valence-electron chi connectivity index (χ1n) is 9.12. The molecule has 2 aromatic rings. The lowest BCUT2D eigenvalue weighted by atomic mass is 9.93. The topological polar surface area (TPSA) is 64.6 Å². The minimum absolute atomic E-state index is 0.235. The molecule has 3 rings (SSSR count). The van der Waals surface area contributed by atoms with E-state index in [0.29, 0.717) is 23.8 Å². The summed E-state index contributed by atoms with van der Waals surface area (Å²) in [5, 5.41) is 0. The summed E-state index contributed by atoms with van der Waals surface area (Å²) in [5.74, 6) is 2.27. The summed E-state index contributed by atoms with van der Waals surface area (Å²) < 4.78 is 11.4. The van der Waals surface area contributed by atoms with Gasteiger partial charge in [0.15, 0.2) is 11.5 Å². The largest absolute Gasteiger partial charge is 0.493 e. The normalized spacial score (nSPS) is 14.9. The number of benzene rings is 1. The Balaban J connectivity index is 1.73. The van der Waals surface area contributed by atoms with Gasteiger partial charge in [-0.2, -0.15) is 0 Å². The van der Waals surface area contributed by atoms with Gasteiger partial charge in [-0.1, -0.05) is 19.1 Å². The highest BCUT2D eigenvalue weighted by Gasteiger charge is 2.27. The van der Waals surface area contributed by atoms with E-state index in [9.17, 15) is 4.79 Å². The van der Waals surface area contributed by atoms with Gasteiger partial charge in [0.1, 0.15) is 5.69 Å². The van der Waals surface area contributed by atoms with Gasteiger partial charge in [-0.3, -0.25) is 9.78 Å². The van der Waals surface area contributed by atoms with Crippen molar-refractivity contribution in [3.05, 3.63) is 42.4 Å². The Bertz CT molecular complexity index is 743. The molecule has 2 heterocycles. The summed E-state index contributed by atoms with van der Waals surface area (Å²) >= 11 is 0. The second-order valence-electron chi connectivity index (χ2n) is 6.40. The van der Waals surface area contributed by atoms with Crippen molar-refractivity contribution in [2.45, 2.75) is 38.5 Å². The maximum atomic E-state index is 12.1. The molecule has 0 radical (unpaired) electrons. The zero-order valence-electron chi connectivity index (χ0n) is 15.4. The number of para-hydroxylation sites is 2. The number of carbonyl (C=O) groups is 1. The third-order valence-electron chi connectivity index (χ3n) is 4.67. The smallest absolute Gasteiger partial charge is 0.241 e. The van der Waals surface area contributed by atoms with Crippen LogP contribution >= 0.6 is 0 Å². The molecule has 1 aromatic carbocycles. The van der Waals surface area contributed by atoms with Gasteiger partial charge in [-0.15, -0.1) is 0 Å². The van der Waals surface area contributed by atoms with E-state index in [-0.39, 0.29) is 11.8 Å². The Kier molecular flexibility index (Phi) is 6.04. The van der Waals surface area contributed by atoms with Crippen LogP contribution in [0.4, 0.5) is 0 Å². The van der Waals surface area contributed by atoms with Crippen molar-refractivity contribution in [3.8, 4) is 17.4 Å². The van der Waals surface area contributed by atoms with Gasteiger partial charge in [0, 0.05) is 37.8 Å². The maximum Gasteiger partial charge on any atom is 0.241 e. The van der Waals surface area contributed by atoms with Crippen molar-refractivity contribution in [3.63, 3.8) is 0 Å². The number of hydrogen-bond acceptors (Lipinski definition) is 5. The number of nitrogens with zero attached hydrogens (tertiary/aromatic N) is 3. The first-order valence-corrected chi connectivity index (χ1v) is 9.12. The molecule has 1 fully saturated rings. The fourth-order valence-corrected chi connectivity index (χ4v) is 3.28.